The average Bonchev–Trinajstić information content (AvgIpc) is 2.41. The molecular weight excluding hydrogens is 264 g/mol. The molecule has 0 spiro atoms. The van der Waals surface area contributed by atoms with Gasteiger partial charge in [0.2, 0.25) is 11.8 Å². The SMILES string of the molecule is CCCOC1CCCN(C(=O)C(CS)NC(C)=O)C1. The molecule has 1 aliphatic heterocycles. The summed E-state index contributed by atoms with van der Waals surface area (Å²) in [6.07, 6.45) is 3.04. The van der Waals surface area contributed by atoms with Gasteiger partial charge in [0.25, 0.3) is 0 Å². The van der Waals surface area contributed by atoms with E-state index in [9.17, 15) is 9.59 Å². The highest BCUT2D eigenvalue weighted by molar-refractivity contribution is 7.80. The highest BCUT2D eigenvalue weighted by Gasteiger charge is 2.28. The molecule has 1 N–H and O–H groups in total. The number of likely N-dealkylation sites (tertiary alicyclic amines) is 1. The third-order valence-electron chi connectivity index (χ3n) is 3.11. The van der Waals surface area contributed by atoms with Crippen LogP contribution in [0.15, 0.2) is 0 Å². The van der Waals surface area contributed by atoms with Crippen molar-refractivity contribution in [3.63, 3.8) is 0 Å². The van der Waals surface area contributed by atoms with E-state index >= 15 is 0 Å². The van der Waals surface area contributed by atoms with Crippen LogP contribution in [0.1, 0.15) is 33.1 Å². The van der Waals surface area contributed by atoms with Crippen LogP contribution in [-0.2, 0) is 14.3 Å². The quantitative estimate of drug-likeness (QED) is 0.712. The van der Waals surface area contributed by atoms with E-state index in [1.165, 1.54) is 6.92 Å². The van der Waals surface area contributed by atoms with Crippen LogP contribution < -0.4 is 5.32 Å². The van der Waals surface area contributed by atoms with E-state index in [0.29, 0.717) is 12.3 Å². The van der Waals surface area contributed by atoms with Crippen LogP contribution in [0, 0.1) is 0 Å². The molecule has 0 aromatic carbocycles. The fourth-order valence-corrected chi connectivity index (χ4v) is 2.46. The molecule has 1 rings (SSSR count). The molecule has 19 heavy (non-hydrogen) atoms. The summed E-state index contributed by atoms with van der Waals surface area (Å²) in [6, 6.07) is -0.536. The third-order valence-corrected chi connectivity index (χ3v) is 3.47. The molecule has 1 saturated heterocycles. The van der Waals surface area contributed by atoms with Gasteiger partial charge in [0.1, 0.15) is 6.04 Å². The zero-order chi connectivity index (χ0) is 14.3. The fourth-order valence-electron chi connectivity index (χ4n) is 2.21. The van der Waals surface area contributed by atoms with Crippen molar-refractivity contribution in [3.8, 4) is 0 Å². The Kier molecular flexibility index (Phi) is 7.23. The van der Waals surface area contributed by atoms with Crippen LogP contribution >= 0.6 is 12.6 Å². The Hall–Kier alpha value is -0.750. The van der Waals surface area contributed by atoms with E-state index in [2.05, 4.69) is 24.9 Å². The Labute approximate surface area is 120 Å². The summed E-state index contributed by atoms with van der Waals surface area (Å²) < 4.78 is 5.71. The highest BCUT2D eigenvalue weighted by Crippen LogP contribution is 2.14. The van der Waals surface area contributed by atoms with Crippen molar-refractivity contribution in [1.29, 1.82) is 0 Å². The number of nitrogens with one attached hydrogen (secondary N) is 1. The summed E-state index contributed by atoms with van der Waals surface area (Å²) in [5.41, 5.74) is 0. The molecule has 0 bridgehead atoms. The fraction of sp³-hybridized carbons (Fsp3) is 0.846. The van der Waals surface area contributed by atoms with Crippen molar-refractivity contribution in [2.45, 2.75) is 45.3 Å². The minimum Gasteiger partial charge on any atom is -0.376 e. The first-order valence-corrected chi connectivity index (χ1v) is 7.50. The monoisotopic (exact) mass is 288 g/mol. The summed E-state index contributed by atoms with van der Waals surface area (Å²) in [5.74, 6) is 0.0493. The number of amides is 2. The molecule has 5 nitrogen and oxygen atoms in total. The van der Waals surface area contributed by atoms with Crippen molar-refractivity contribution >= 4 is 24.4 Å². The molecule has 0 aromatic heterocycles. The van der Waals surface area contributed by atoms with Crippen LogP contribution in [0.2, 0.25) is 0 Å². The maximum Gasteiger partial charge on any atom is 0.246 e. The zero-order valence-corrected chi connectivity index (χ0v) is 12.6. The second kappa shape index (κ2) is 8.43. The van der Waals surface area contributed by atoms with Gasteiger partial charge in [0.15, 0.2) is 0 Å². The number of nitrogens with zero attached hydrogens (tertiary/aromatic N) is 1. The number of carbonyl (C=O) groups excluding carboxylic acids is 2. The molecule has 110 valence electrons. The van der Waals surface area contributed by atoms with Gasteiger partial charge in [-0.25, -0.2) is 0 Å². The number of hydrogen-bond donors (Lipinski definition) is 2. The molecule has 0 saturated carbocycles. The lowest BCUT2D eigenvalue weighted by molar-refractivity contribution is -0.139. The van der Waals surface area contributed by atoms with Crippen molar-refractivity contribution in [2.75, 3.05) is 25.4 Å². The van der Waals surface area contributed by atoms with Gasteiger partial charge in [-0.15, -0.1) is 0 Å². The van der Waals surface area contributed by atoms with Gasteiger partial charge >= 0.3 is 0 Å². The Balaban J connectivity index is 2.52. The van der Waals surface area contributed by atoms with Crippen LogP contribution in [-0.4, -0.2) is 54.3 Å². The molecule has 1 aliphatic rings. The van der Waals surface area contributed by atoms with Gasteiger partial charge in [-0.1, -0.05) is 6.92 Å². The molecule has 0 aromatic rings. The summed E-state index contributed by atoms with van der Waals surface area (Å²) in [4.78, 5) is 25.1. The number of hydrogen-bond acceptors (Lipinski definition) is 4. The molecule has 0 aliphatic carbocycles. The molecule has 1 fully saturated rings. The Morgan fingerprint density at radius 1 is 1.53 bits per heavy atom. The Morgan fingerprint density at radius 3 is 2.84 bits per heavy atom. The minimum atomic E-state index is -0.536. The molecule has 2 unspecified atom stereocenters. The van der Waals surface area contributed by atoms with Gasteiger partial charge in [-0.05, 0) is 19.3 Å². The molecule has 0 radical (unpaired) electrons. The minimum absolute atomic E-state index is 0.0602. The lowest BCUT2D eigenvalue weighted by Gasteiger charge is -2.34. The summed E-state index contributed by atoms with van der Waals surface area (Å²) >= 11 is 4.13. The third kappa shape index (κ3) is 5.40. The molecular formula is C13H24N2O3S. The molecule has 6 heteroatoms. The van der Waals surface area contributed by atoms with E-state index in [0.717, 1.165) is 32.4 Å². The summed E-state index contributed by atoms with van der Waals surface area (Å²) in [6.45, 7) is 5.55. The number of rotatable bonds is 6. The van der Waals surface area contributed by atoms with Crippen LogP contribution in [0.5, 0.6) is 0 Å². The smallest absolute Gasteiger partial charge is 0.246 e. The van der Waals surface area contributed by atoms with Crippen LogP contribution in [0.4, 0.5) is 0 Å². The van der Waals surface area contributed by atoms with Crippen molar-refractivity contribution in [1.82, 2.24) is 10.2 Å². The van der Waals surface area contributed by atoms with Crippen LogP contribution in [0.25, 0.3) is 0 Å². The number of thiol groups is 1. The van der Waals surface area contributed by atoms with E-state index in [1.54, 1.807) is 4.90 Å². The lowest BCUT2D eigenvalue weighted by Crippen LogP contribution is -2.53. The molecule has 1 heterocycles. The van der Waals surface area contributed by atoms with Crippen molar-refractivity contribution in [2.24, 2.45) is 0 Å². The second-order valence-corrected chi connectivity index (χ2v) is 5.22. The maximum absolute atomic E-state index is 12.3. The first-order valence-electron chi connectivity index (χ1n) is 6.86. The van der Waals surface area contributed by atoms with E-state index < -0.39 is 6.04 Å². The van der Waals surface area contributed by atoms with Crippen molar-refractivity contribution < 1.29 is 14.3 Å². The first-order chi connectivity index (χ1) is 9.08. The number of ether oxygens (including phenoxy) is 1. The predicted octanol–water partition coefficient (Wildman–Crippen LogP) is 0.838. The molecule has 2 atom stereocenters. The van der Waals surface area contributed by atoms with Gasteiger partial charge < -0.3 is 15.0 Å². The van der Waals surface area contributed by atoms with Gasteiger partial charge in [0, 0.05) is 32.4 Å². The van der Waals surface area contributed by atoms with Gasteiger partial charge in [-0.3, -0.25) is 9.59 Å². The molecule has 2 amide bonds. The maximum atomic E-state index is 12.3. The summed E-state index contributed by atoms with van der Waals surface area (Å²) in [5, 5.41) is 2.64. The topological polar surface area (TPSA) is 58.6 Å². The van der Waals surface area contributed by atoms with E-state index in [4.69, 9.17) is 4.74 Å². The summed E-state index contributed by atoms with van der Waals surface area (Å²) in [7, 11) is 0. The number of carbonyl (C=O) groups is 2. The van der Waals surface area contributed by atoms with Gasteiger partial charge in [-0.2, -0.15) is 12.6 Å². The largest absolute Gasteiger partial charge is 0.376 e. The van der Waals surface area contributed by atoms with Crippen molar-refractivity contribution in [3.05, 3.63) is 0 Å². The second-order valence-electron chi connectivity index (χ2n) is 4.85. The standard InChI is InChI=1S/C13H24N2O3S/c1-3-7-18-11-5-4-6-15(8-11)13(17)12(9-19)14-10(2)16/h11-12,19H,3-9H2,1-2H3,(H,14,16). The van der Waals surface area contributed by atoms with Gasteiger partial charge in [0.05, 0.1) is 6.10 Å². The zero-order valence-electron chi connectivity index (χ0n) is 11.7. The average molecular weight is 288 g/mol. The Bertz CT molecular complexity index is 312. The predicted molar refractivity (Wildman–Crippen MR) is 77.3 cm³/mol. The van der Waals surface area contributed by atoms with E-state index in [-0.39, 0.29) is 17.9 Å². The number of piperidine rings is 1. The van der Waals surface area contributed by atoms with E-state index in [1.807, 2.05) is 0 Å². The van der Waals surface area contributed by atoms with Crippen LogP contribution in [0.3, 0.4) is 0 Å². The first kappa shape index (κ1) is 16.3. The lowest BCUT2D eigenvalue weighted by atomic mass is 10.1. The normalized spacial score (nSPS) is 21.0. The Morgan fingerprint density at radius 2 is 2.26 bits per heavy atom. The highest BCUT2D eigenvalue weighted by atomic mass is 32.1.